The zero-order valence-corrected chi connectivity index (χ0v) is 13.1. The van der Waals surface area contributed by atoms with E-state index in [0.717, 1.165) is 18.2 Å². The molecule has 5 N–H and O–H groups in total. The Morgan fingerprint density at radius 1 is 0.792 bits per heavy atom. The van der Waals surface area contributed by atoms with Gasteiger partial charge in [0.15, 0.2) is 16.9 Å². The summed E-state index contributed by atoms with van der Waals surface area (Å²) < 4.78 is 5.36. The van der Waals surface area contributed by atoms with Crippen molar-refractivity contribution < 1.29 is 29.9 Å². The molecule has 24 heavy (non-hydrogen) atoms. The van der Waals surface area contributed by atoms with Crippen molar-refractivity contribution in [1.82, 2.24) is 0 Å². The van der Waals surface area contributed by atoms with E-state index in [1.807, 2.05) is 0 Å². The third kappa shape index (κ3) is 2.26. The lowest BCUT2D eigenvalue weighted by molar-refractivity contribution is 0.428. The highest BCUT2D eigenvalue weighted by atomic mass is 35.5. The summed E-state index contributed by atoms with van der Waals surface area (Å²) in [5.41, 5.74) is -1.32. The van der Waals surface area contributed by atoms with Crippen LogP contribution >= 0.6 is 23.2 Å². The van der Waals surface area contributed by atoms with Crippen LogP contribution in [-0.2, 0) is 0 Å². The Labute approximate surface area is 143 Å². The normalized spacial score (nSPS) is 11.1. The summed E-state index contributed by atoms with van der Waals surface area (Å²) in [6.07, 6.45) is 0. The highest BCUT2D eigenvalue weighted by Crippen LogP contribution is 2.47. The predicted octanol–water partition coefficient (Wildman–Crippen LogP) is 3.29. The summed E-state index contributed by atoms with van der Waals surface area (Å²) in [4.78, 5) is 12.2. The summed E-state index contributed by atoms with van der Waals surface area (Å²) in [7, 11) is 0. The van der Waals surface area contributed by atoms with Crippen LogP contribution in [0.25, 0.3) is 22.3 Å². The van der Waals surface area contributed by atoms with Gasteiger partial charge in [0.25, 0.3) is 0 Å². The maximum Gasteiger partial charge on any atom is 0.197 e. The molecule has 0 atom stereocenters. The Balaban J connectivity index is 2.41. The topological polar surface area (TPSA) is 131 Å². The van der Waals surface area contributed by atoms with Crippen LogP contribution in [0.3, 0.4) is 0 Å². The molecule has 0 aliphatic heterocycles. The highest BCUT2D eigenvalue weighted by molar-refractivity contribution is 6.35. The van der Waals surface area contributed by atoms with Gasteiger partial charge in [-0.3, -0.25) is 4.79 Å². The summed E-state index contributed by atoms with van der Waals surface area (Å²) in [5.74, 6) is -3.37. The van der Waals surface area contributed by atoms with E-state index in [1.54, 1.807) is 0 Å². The average molecular weight is 371 g/mol. The van der Waals surface area contributed by atoms with E-state index >= 15 is 0 Å². The highest BCUT2D eigenvalue weighted by Gasteiger charge is 2.22. The summed E-state index contributed by atoms with van der Waals surface area (Å²) >= 11 is 11.4. The van der Waals surface area contributed by atoms with Gasteiger partial charge in [-0.2, -0.15) is 0 Å². The Morgan fingerprint density at radius 3 is 2.04 bits per heavy atom. The predicted molar refractivity (Wildman–Crippen MR) is 86.3 cm³/mol. The van der Waals surface area contributed by atoms with E-state index in [-0.39, 0.29) is 22.3 Å². The number of phenolic OH excluding ortho intramolecular Hbond substituents is 5. The van der Waals surface area contributed by atoms with E-state index in [1.165, 1.54) is 0 Å². The van der Waals surface area contributed by atoms with Crippen LogP contribution in [0, 0.1) is 0 Å². The molecule has 0 aliphatic carbocycles. The fourth-order valence-corrected chi connectivity index (χ4v) is 2.55. The number of benzene rings is 2. The maximum absolute atomic E-state index is 12.2. The summed E-state index contributed by atoms with van der Waals surface area (Å²) in [6, 6.07) is 2.74. The van der Waals surface area contributed by atoms with Gasteiger partial charge in [0.1, 0.15) is 49.6 Å². The molecule has 0 amide bonds. The third-order valence-electron chi connectivity index (χ3n) is 3.36. The standard InChI is InChI=1S/C15H8Cl2O7/c16-12-6(20)1-4(18)10(14(12)22)8-2-5(19)11-9(24-8)3-7(21)13(17)15(11)23/h1-3,18,20-23H. The molecule has 1 aromatic heterocycles. The Hall–Kier alpha value is -2.77. The second-order valence-electron chi connectivity index (χ2n) is 4.86. The SMILES string of the molecule is O=c1cc(-c2c(O)cc(O)c(Cl)c2O)oc2cc(O)c(Cl)c(O)c12. The molecule has 0 saturated carbocycles. The Bertz CT molecular complexity index is 1060. The zero-order chi connectivity index (χ0) is 17.8. The number of fused-ring (bicyclic) bond motifs is 1. The molecule has 0 unspecified atom stereocenters. The van der Waals surface area contributed by atoms with Crippen molar-refractivity contribution in [3.63, 3.8) is 0 Å². The maximum atomic E-state index is 12.2. The second kappa shape index (κ2) is 5.40. The minimum atomic E-state index is -0.742. The monoisotopic (exact) mass is 370 g/mol. The minimum absolute atomic E-state index is 0.236. The van der Waals surface area contributed by atoms with Crippen molar-refractivity contribution in [2.45, 2.75) is 0 Å². The molecule has 3 rings (SSSR count). The number of phenols is 5. The molecule has 0 fully saturated rings. The van der Waals surface area contributed by atoms with Crippen LogP contribution < -0.4 is 5.43 Å². The lowest BCUT2D eigenvalue weighted by Crippen LogP contribution is -2.01. The molecule has 9 heteroatoms. The molecule has 3 aromatic rings. The average Bonchev–Trinajstić information content (AvgIpc) is 2.50. The smallest absolute Gasteiger partial charge is 0.197 e. The number of halogens is 2. The zero-order valence-electron chi connectivity index (χ0n) is 11.5. The van der Waals surface area contributed by atoms with Crippen molar-refractivity contribution in [3.05, 3.63) is 38.5 Å². The minimum Gasteiger partial charge on any atom is -0.507 e. The number of hydrogen-bond acceptors (Lipinski definition) is 7. The molecule has 124 valence electrons. The number of aromatic hydroxyl groups is 5. The van der Waals surface area contributed by atoms with Crippen LogP contribution in [0.1, 0.15) is 0 Å². The molecule has 0 spiro atoms. The van der Waals surface area contributed by atoms with E-state index in [0.29, 0.717) is 0 Å². The quantitative estimate of drug-likeness (QED) is 0.444. The Kier molecular flexibility index (Phi) is 3.62. The molecule has 0 radical (unpaired) electrons. The molecule has 0 aliphatic rings. The van der Waals surface area contributed by atoms with Gasteiger partial charge in [-0.05, 0) is 0 Å². The first kappa shape index (κ1) is 16.1. The van der Waals surface area contributed by atoms with E-state index in [4.69, 9.17) is 27.6 Å². The van der Waals surface area contributed by atoms with Gasteiger partial charge in [0.05, 0.1) is 0 Å². The van der Waals surface area contributed by atoms with E-state index in [9.17, 15) is 30.3 Å². The number of rotatable bonds is 1. The van der Waals surface area contributed by atoms with Crippen LogP contribution in [0.2, 0.25) is 10.0 Å². The third-order valence-corrected chi connectivity index (χ3v) is 4.10. The first-order valence-corrected chi connectivity index (χ1v) is 7.10. The van der Waals surface area contributed by atoms with Crippen LogP contribution in [0.5, 0.6) is 28.7 Å². The summed E-state index contributed by atoms with van der Waals surface area (Å²) in [5, 5.41) is 47.7. The van der Waals surface area contributed by atoms with Gasteiger partial charge in [-0.15, -0.1) is 0 Å². The van der Waals surface area contributed by atoms with Crippen molar-refractivity contribution >= 4 is 34.2 Å². The van der Waals surface area contributed by atoms with Crippen LogP contribution in [-0.4, -0.2) is 25.5 Å². The van der Waals surface area contributed by atoms with Crippen LogP contribution in [0.4, 0.5) is 0 Å². The first-order valence-electron chi connectivity index (χ1n) is 6.34. The van der Waals surface area contributed by atoms with Gasteiger partial charge >= 0.3 is 0 Å². The molecule has 0 saturated heterocycles. The van der Waals surface area contributed by atoms with Crippen molar-refractivity contribution in [1.29, 1.82) is 0 Å². The van der Waals surface area contributed by atoms with E-state index in [2.05, 4.69) is 0 Å². The molecule has 0 bridgehead atoms. The molecular formula is C15H8Cl2O7. The van der Waals surface area contributed by atoms with Crippen molar-refractivity contribution in [3.8, 4) is 40.1 Å². The Morgan fingerprint density at radius 2 is 1.38 bits per heavy atom. The lowest BCUT2D eigenvalue weighted by atomic mass is 10.1. The lowest BCUT2D eigenvalue weighted by Gasteiger charge is -2.11. The van der Waals surface area contributed by atoms with Crippen molar-refractivity contribution in [2.24, 2.45) is 0 Å². The van der Waals surface area contributed by atoms with Gasteiger partial charge in [-0.25, -0.2) is 0 Å². The van der Waals surface area contributed by atoms with Gasteiger partial charge in [-0.1, -0.05) is 23.2 Å². The fraction of sp³-hybridized carbons (Fsp3) is 0. The van der Waals surface area contributed by atoms with E-state index < -0.39 is 44.2 Å². The van der Waals surface area contributed by atoms with Crippen molar-refractivity contribution in [2.75, 3.05) is 0 Å². The molecule has 2 aromatic carbocycles. The molecular weight excluding hydrogens is 363 g/mol. The fourth-order valence-electron chi connectivity index (χ4n) is 2.25. The van der Waals surface area contributed by atoms with Crippen LogP contribution in [0.15, 0.2) is 27.4 Å². The van der Waals surface area contributed by atoms with Gasteiger partial charge in [0.2, 0.25) is 0 Å². The molecule has 1 heterocycles. The molecule has 7 nitrogen and oxygen atoms in total. The summed E-state index contributed by atoms with van der Waals surface area (Å²) in [6.45, 7) is 0. The van der Waals surface area contributed by atoms with Gasteiger partial charge < -0.3 is 29.9 Å². The van der Waals surface area contributed by atoms with Gasteiger partial charge in [0, 0.05) is 18.2 Å². The largest absolute Gasteiger partial charge is 0.507 e. The second-order valence-corrected chi connectivity index (χ2v) is 5.61. The first-order chi connectivity index (χ1) is 11.2. The number of hydrogen-bond donors (Lipinski definition) is 5.